The minimum absolute atomic E-state index is 0. The first kappa shape index (κ1) is 86.1. The van der Waals surface area contributed by atoms with Crippen LogP contribution in [0.5, 0.6) is 0 Å². The Morgan fingerprint density at radius 3 is 0.779 bits per heavy atom. The molecule has 5 atom stereocenters. The van der Waals surface area contributed by atoms with Crippen molar-refractivity contribution in [2.75, 3.05) is 39.6 Å². The summed E-state index contributed by atoms with van der Waals surface area (Å²) in [6, 6.07) is 0. The van der Waals surface area contributed by atoms with Crippen molar-refractivity contribution in [1.29, 1.82) is 0 Å². The molecule has 86 heavy (non-hydrogen) atoms. The number of phosphoric ester groups is 2. The average molecular weight is 1270 g/mol. The number of esters is 4. The number of unbranched alkanes of at least 4 members (excludes halogenated alkanes) is 41. The van der Waals surface area contributed by atoms with Crippen LogP contribution >= 0.6 is 15.6 Å². The van der Waals surface area contributed by atoms with Gasteiger partial charge >= 0.3 is 39.5 Å². The third-order valence-corrected chi connectivity index (χ3v) is 17.0. The molecule has 0 saturated heterocycles. The van der Waals surface area contributed by atoms with Crippen LogP contribution in [-0.4, -0.2) is 96.7 Å². The fourth-order valence-electron chi connectivity index (χ4n) is 9.84. The number of rotatable bonds is 67. The van der Waals surface area contributed by atoms with Gasteiger partial charge in [0.05, 0.1) is 26.4 Å². The Balaban J connectivity index is 0. The van der Waals surface area contributed by atoms with Crippen molar-refractivity contribution in [1.82, 2.24) is 0 Å². The van der Waals surface area contributed by atoms with Crippen LogP contribution in [0, 0.1) is 21.3 Å². The second-order valence-corrected chi connectivity index (χ2v) is 26.5. The molecule has 0 amide bonds. The van der Waals surface area contributed by atoms with Gasteiger partial charge < -0.3 is 55.1 Å². The van der Waals surface area contributed by atoms with E-state index in [1.165, 1.54) is 141 Å². The second-order valence-electron chi connectivity index (χ2n) is 23.6. The normalized spacial score (nSPS) is 13.9. The summed E-state index contributed by atoms with van der Waals surface area (Å²) < 4.78 is 67.8. The zero-order chi connectivity index (χ0) is 62.6. The lowest BCUT2D eigenvalue weighted by molar-refractivity contribution is -0.161. The highest BCUT2D eigenvalue weighted by Crippen LogP contribution is 2.45. The fourth-order valence-corrected chi connectivity index (χ4v) is 11.4. The first-order valence-electron chi connectivity index (χ1n) is 34.4. The highest BCUT2D eigenvalue weighted by Gasteiger charge is 2.30. The number of aliphatic hydroxyl groups is 1. The first-order valence-corrected chi connectivity index (χ1v) is 37.4. The van der Waals surface area contributed by atoms with Crippen molar-refractivity contribution < 1.29 is 80.2 Å². The second kappa shape index (κ2) is 63.2. The third-order valence-electron chi connectivity index (χ3n) is 15.1. The molecule has 0 radical (unpaired) electrons. The van der Waals surface area contributed by atoms with E-state index in [-0.39, 0.29) is 33.1 Å². The fraction of sp³-hybridized carbons (Fsp3) is 0.896. The molecule has 0 aliphatic heterocycles. The van der Waals surface area contributed by atoms with Crippen molar-refractivity contribution in [2.24, 2.45) is 0 Å². The molecule has 17 nitrogen and oxygen atoms in total. The molecule has 0 saturated carbocycles. The number of aliphatic hydroxyl groups excluding tert-OH is 1. The Hall–Kier alpha value is -1.94. The van der Waals surface area contributed by atoms with Crippen LogP contribution in [0.4, 0.5) is 0 Å². The number of carbonyl (C=O) groups excluding carboxylic acids is 4. The maximum Gasteiger partial charge on any atom is 0.472 e. The summed E-state index contributed by atoms with van der Waals surface area (Å²) in [5.41, 5.74) is 0. The molecule has 0 rings (SSSR count). The monoisotopic (exact) mass is 1270 g/mol. The molecule has 19 heteroatoms. The summed E-state index contributed by atoms with van der Waals surface area (Å²) in [6.45, 7) is 8.22. The Bertz CT molecular complexity index is 1640. The summed E-state index contributed by atoms with van der Waals surface area (Å²) in [6.07, 6.45) is 46.2. The quantitative estimate of drug-likeness (QED) is 0.0169. The zero-order valence-electron chi connectivity index (χ0n) is 55.0. The van der Waals surface area contributed by atoms with Gasteiger partial charge in [0.1, 0.15) is 19.3 Å². The lowest BCUT2D eigenvalue weighted by atomic mass is 10.0. The van der Waals surface area contributed by atoms with Crippen molar-refractivity contribution in [3.05, 3.63) is 21.3 Å². The maximum absolute atomic E-state index is 13.0. The summed E-state index contributed by atoms with van der Waals surface area (Å²) in [5.74, 6) is -2.17. The van der Waals surface area contributed by atoms with Crippen LogP contribution in [0.2, 0.25) is 0 Å². The van der Waals surface area contributed by atoms with Crippen LogP contribution in [-0.2, 0) is 65.4 Å². The van der Waals surface area contributed by atoms with E-state index < -0.39 is 97.5 Å². The van der Waals surface area contributed by atoms with Gasteiger partial charge in [0.2, 0.25) is 0 Å². The van der Waals surface area contributed by atoms with Gasteiger partial charge in [0.25, 0.3) is 0 Å². The molecule has 0 heterocycles. The van der Waals surface area contributed by atoms with E-state index >= 15 is 0 Å². The van der Waals surface area contributed by atoms with Crippen LogP contribution in [0.3, 0.4) is 0 Å². The summed E-state index contributed by atoms with van der Waals surface area (Å²) in [5, 5.41) is 10.5. The molecule has 0 bridgehead atoms. The van der Waals surface area contributed by atoms with Gasteiger partial charge in [-0.1, -0.05) is 264 Å². The van der Waals surface area contributed by atoms with Crippen LogP contribution in [0.25, 0.3) is 0 Å². The summed E-state index contributed by atoms with van der Waals surface area (Å²) in [7, 11) is -9.89. The van der Waals surface area contributed by atoms with Crippen molar-refractivity contribution >= 4 is 39.5 Å². The minimum atomic E-state index is -4.95. The van der Waals surface area contributed by atoms with Gasteiger partial charge in [0.15, 0.2) is 12.2 Å². The minimum Gasteiger partial charge on any atom is -0.462 e. The van der Waals surface area contributed by atoms with E-state index in [1.807, 2.05) is 0 Å². The smallest absolute Gasteiger partial charge is 0.462 e. The average Bonchev–Trinajstić information content (AvgIpc) is 3.67. The topological polar surface area (TPSA) is 237 Å². The van der Waals surface area contributed by atoms with Gasteiger partial charge in [-0.25, -0.2) is 9.13 Å². The van der Waals surface area contributed by atoms with E-state index in [4.69, 9.17) is 37.0 Å². The molecule has 0 aromatic carbocycles. The first-order chi connectivity index (χ1) is 41.2. The van der Waals surface area contributed by atoms with E-state index in [0.29, 0.717) is 25.7 Å². The zero-order valence-corrected chi connectivity index (χ0v) is 56.8. The number of carbonyl (C=O) groups is 4. The highest BCUT2D eigenvalue weighted by molar-refractivity contribution is 7.47. The highest BCUT2D eigenvalue weighted by atomic mass is 31.2. The van der Waals surface area contributed by atoms with Gasteiger partial charge in [-0.3, -0.25) is 37.3 Å². The molecule has 0 aromatic heterocycles. The Morgan fingerprint density at radius 1 is 0.326 bits per heavy atom. The third kappa shape index (κ3) is 62.3. The van der Waals surface area contributed by atoms with E-state index in [9.17, 15) is 43.2 Å². The molecule has 0 spiro atoms. The lowest BCUT2D eigenvalue weighted by Gasteiger charge is -2.21. The number of hydrogen-bond donors (Lipinski definition) is 3. The molecule has 0 aliphatic rings. The molecule has 2 unspecified atom stereocenters. The SMILES string of the molecule is [CH2-]CCCCCCCCCCC(=O)O[C@H](COC(=O)CCCCCCCCCCCCCCCCC)COP(=O)(O)OC[C@H](O)COP(=O)(O)OC[C@@H](COC(=O)CCCCCCCCCCCCCCCCC)OC(=O)CCCCCCC[CH2-].[CH3-]. The van der Waals surface area contributed by atoms with E-state index in [0.717, 1.165) is 122 Å². The van der Waals surface area contributed by atoms with Crippen molar-refractivity contribution in [3.8, 4) is 0 Å². The van der Waals surface area contributed by atoms with Crippen molar-refractivity contribution in [3.63, 3.8) is 0 Å². The molecular weight excluding hydrogens is 1140 g/mol. The number of phosphoric acid groups is 2. The Morgan fingerprint density at radius 2 is 0.535 bits per heavy atom. The number of hydrogen-bond acceptors (Lipinski definition) is 15. The Labute approximate surface area is 525 Å². The van der Waals surface area contributed by atoms with Crippen LogP contribution in [0.15, 0.2) is 0 Å². The molecular formula is C67H129O17P2-3. The molecule has 3 N–H and O–H groups in total. The predicted octanol–water partition coefficient (Wildman–Crippen LogP) is 18.8. The van der Waals surface area contributed by atoms with Gasteiger partial charge in [0, 0.05) is 25.7 Å². The molecule has 0 aromatic rings. The van der Waals surface area contributed by atoms with Crippen molar-refractivity contribution in [2.45, 2.75) is 347 Å². The standard InChI is InChI=1S/C66H126O17P2.CH3/c1-5-9-13-17-21-24-26-28-30-32-34-37-39-43-46-50-63(68)76-56-61(82-65(70)52-48-42-20-16-12-8-4)58-80-84(72,73)78-54-60(67)55-79-85(74,75)81-59-62(83-66(71)53-49-45-41-36-23-19-15-11-7-3)57-77-64(69)51-47-44-40-38-35-33-31-29-27-25-22-18-14-10-6-2;/h60-62,67H,3-59H2,1-2H3,(H,72,73)(H,74,75);1H3/q-2;-1/t60-,61-,62-;/m1./s1. The lowest BCUT2D eigenvalue weighted by Crippen LogP contribution is -2.30. The summed E-state index contributed by atoms with van der Waals surface area (Å²) >= 11 is 0. The number of ether oxygens (including phenoxy) is 4. The summed E-state index contributed by atoms with van der Waals surface area (Å²) in [4.78, 5) is 72.0. The van der Waals surface area contributed by atoms with Crippen LogP contribution in [0.1, 0.15) is 328 Å². The van der Waals surface area contributed by atoms with Gasteiger partial charge in [-0.05, 0) is 25.7 Å². The molecule has 0 aliphatic carbocycles. The predicted molar refractivity (Wildman–Crippen MR) is 346 cm³/mol. The molecule has 512 valence electrons. The Kier molecular flexibility index (Phi) is 63.3. The largest absolute Gasteiger partial charge is 0.472 e. The van der Waals surface area contributed by atoms with Gasteiger partial charge in [-0.2, -0.15) is 12.8 Å². The van der Waals surface area contributed by atoms with Gasteiger partial charge in [-0.15, -0.1) is 0 Å². The molecule has 0 fully saturated rings. The maximum atomic E-state index is 13.0. The van der Waals surface area contributed by atoms with E-state index in [2.05, 4.69) is 27.7 Å². The van der Waals surface area contributed by atoms with Crippen LogP contribution < -0.4 is 0 Å². The van der Waals surface area contributed by atoms with E-state index in [1.54, 1.807) is 0 Å².